The van der Waals surface area contributed by atoms with Gasteiger partial charge in [-0.2, -0.15) is 5.10 Å². The minimum Gasteiger partial charge on any atom is -0.489 e. The van der Waals surface area contributed by atoms with Crippen molar-refractivity contribution < 1.29 is 9.13 Å². The molecule has 0 aliphatic carbocycles. The lowest BCUT2D eigenvalue weighted by Gasteiger charge is -2.20. The van der Waals surface area contributed by atoms with Crippen molar-refractivity contribution in [1.82, 2.24) is 20.4 Å². The molecule has 2 aromatic rings. The summed E-state index contributed by atoms with van der Waals surface area (Å²) in [5, 5.41) is 10.6. The first-order chi connectivity index (χ1) is 12.1. The van der Waals surface area contributed by atoms with Gasteiger partial charge in [0.15, 0.2) is 5.96 Å². The highest BCUT2D eigenvalue weighted by atomic mass is 19.1. The number of rotatable bonds is 8. The Kier molecular flexibility index (Phi) is 7.25. The Labute approximate surface area is 148 Å². The summed E-state index contributed by atoms with van der Waals surface area (Å²) in [6.07, 6.45) is 4.46. The number of hydrogen-bond acceptors (Lipinski definition) is 3. The van der Waals surface area contributed by atoms with E-state index >= 15 is 0 Å². The second kappa shape index (κ2) is 9.66. The third-order valence-corrected chi connectivity index (χ3v) is 3.57. The molecule has 1 heterocycles. The average molecular weight is 347 g/mol. The summed E-state index contributed by atoms with van der Waals surface area (Å²) < 4.78 is 20.9. The van der Waals surface area contributed by atoms with E-state index in [2.05, 4.69) is 20.7 Å². The number of aryl methyl sites for hydroxylation is 1. The normalized spacial score (nSPS) is 12.7. The van der Waals surface area contributed by atoms with E-state index in [0.717, 1.165) is 18.5 Å². The van der Waals surface area contributed by atoms with Gasteiger partial charge in [0.05, 0.1) is 19.3 Å². The van der Waals surface area contributed by atoms with Crippen LogP contribution in [0.5, 0.6) is 5.75 Å². The van der Waals surface area contributed by atoms with Crippen LogP contribution in [-0.4, -0.2) is 34.9 Å². The average Bonchev–Trinajstić information content (AvgIpc) is 3.01. The molecule has 1 unspecified atom stereocenters. The Hall–Kier alpha value is -2.57. The van der Waals surface area contributed by atoms with Crippen LogP contribution in [0.2, 0.25) is 0 Å². The van der Waals surface area contributed by atoms with Crippen LogP contribution in [-0.2, 0) is 13.6 Å². The number of aliphatic imine (C=N–C) groups is 1. The van der Waals surface area contributed by atoms with Crippen molar-refractivity contribution in [2.75, 3.05) is 13.1 Å². The van der Waals surface area contributed by atoms with E-state index in [1.165, 1.54) is 12.1 Å². The molecular weight excluding hydrogens is 321 g/mol. The number of guanidine groups is 1. The number of aromatic nitrogens is 2. The van der Waals surface area contributed by atoms with Gasteiger partial charge in [-0.15, -0.1) is 0 Å². The molecule has 0 amide bonds. The van der Waals surface area contributed by atoms with E-state index in [9.17, 15) is 4.39 Å². The fraction of sp³-hybridized carbons (Fsp3) is 0.444. The summed E-state index contributed by atoms with van der Waals surface area (Å²) in [6.45, 7) is 5.93. The molecule has 0 saturated heterocycles. The Morgan fingerprint density at radius 3 is 2.84 bits per heavy atom. The van der Waals surface area contributed by atoms with Crippen molar-refractivity contribution in [2.45, 2.75) is 32.9 Å². The highest BCUT2D eigenvalue weighted by molar-refractivity contribution is 5.79. The zero-order valence-electron chi connectivity index (χ0n) is 15.0. The van der Waals surface area contributed by atoms with Crippen LogP contribution in [0, 0.1) is 5.82 Å². The molecule has 0 bridgehead atoms. The van der Waals surface area contributed by atoms with Gasteiger partial charge in [0.2, 0.25) is 0 Å². The highest BCUT2D eigenvalue weighted by Crippen LogP contribution is 2.14. The SMILES string of the molecule is CCNC(=NCc1cnn(C)c1)NCC(CC)Oc1cccc(F)c1. The number of hydrogen-bond donors (Lipinski definition) is 2. The van der Waals surface area contributed by atoms with E-state index in [0.29, 0.717) is 24.8 Å². The first-order valence-corrected chi connectivity index (χ1v) is 8.52. The molecule has 1 aromatic carbocycles. The lowest BCUT2D eigenvalue weighted by molar-refractivity contribution is 0.198. The smallest absolute Gasteiger partial charge is 0.191 e. The molecule has 1 atom stereocenters. The fourth-order valence-electron chi connectivity index (χ4n) is 2.28. The van der Waals surface area contributed by atoms with Gasteiger partial charge in [-0.1, -0.05) is 13.0 Å². The summed E-state index contributed by atoms with van der Waals surface area (Å²) in [5.74, 6) is 0.949. The molecule has 7 heteroatoms. The van der Waals surface area contributed by atoms with E-state index < -0.39 is 0 Å². The molecule has 2 rings (SSSR count). The molecule has 0 aliphatic heterocycles. The van der Waals surface area contributed by atoms with Crippen LogP contribution in [0.25, 0.3) is 0 Å². The predicted molar refractivity (Wildman–Crippen MR) is 97.1 cm³/mol. The first-order valence-electron chi connectivity index (χ1n) is 8.52. The molecule has 0 saturated carbocycles. The van der Waals surface area contributed by atoms with E-state index in [1.54, 1.807) is 23.0 Å². The summed E-state index contributed by atoms with van der Waals surface area (Å²) in [6, 6.07) is 6.20. The van der Waals surface area contributed by atoms with E-state index in [1.807, 2.05) is 27.1 Å². The van der Waals surface area contributed by atoms with Gasteiger partial charge in [0.1, 0.15) is 17.7 Å². The van der Waals surface area contributed by atoms with Crippen molar-refractivity contribution in [1.29, 1.82) is 0 Å². The number of halogens is 1. The minimum absolute atomic E-state index is 0.0796. The number of nitrogens with zero attached hydrogens (tertiary/aromatic N) is 3. The van der Waals surface area contributed by atoms with Gasteiger partial charge in [-0.25, -0.2) is 9.38 Å². The quantitative estimate of drug-likeness (QED) is 0.569. The lowest BCUT2D eigenvalue weighted by atomic mass is 10.2. The van der Waals surface area contributed by atoms with Crippen LogP contribution < -0.4 is 15.4 Å². The van der Waals surface area contributed by atoms with Crippen molar-refractivity contribution in [3.8, 4) is 5.75 Å². The molecule has 25 heavy (non-hydrogen) atoms. The van der Waals surface area contributed by atoms with Gasteiger partial charge < -0.3 is 15.4 Å². The molecular formula is C18H26FN5O. The zero-order chi connectivity index (χ0) is 18.1. The first kappa shape index (κ1) is 18.8. The lowest BCUT2D eigenvalue weighted by Crippen LogP contribution is -2.42. The Morgan fingerprint density at radius 2 is 2.20 bits per heavy atom. The maximum atomic E-state index is 13.3. The summed E-state index contributed by atoms with van der Waals surface area (Å²) >= 11 is 0. The van der Waals surface area contributed by atoms with Gasteiger partial charge in [0.25, 0.3) is 0 Å². The van der Waals surface area contributed by atoms with Crippen molar-refractivity contribution in [2.24, 2.45) is 12.0 Å². The van der Waals surface area contributed by atoms with Crippen molar-refractivity contribution >= 4 is 5.96 Å². The summed E-state index contributed by atoms with van der Waals surface area (Å²) in [5.41, 5.74) is 1.04. The van der Waals surface area contributed by atoms with Gasteiger partial charge in [-0.3, -0.25) is 4.68 Å². The predicted octanol–water partition coefficient (Wildman–Crippen LogP) is 2.47. The fourth-order valence-corrected chi connectivity index (χ4v) is 2.28. The molecule has 0 aliphatic rings. The molecule has 2 N–H and O–H groups in total. The van der Waals surface area contributed by atoms with Crippen LogP contribution in [0.15, 0.2) is 41.7 Å². The number of ether oxygens (including phenoxy) is 1. The third-order valence-electron chi connectivity index (χ3n) is 3.57. The van der Waals surface area contributed by atoms with E-state index in [-0.39, 0.29) is 11.9 Å². The van der Waals surface area contributed by atoms with Crippen LogP contribution in [0.4, 0.5) is 4.39 Å². The standard InChI is InChI=1S/C18H26FN5O/c1-4-16(25-17-8-6-7-15(19)9-17)12-22-18(20-5-2)21-10-14-11-23-24(3)13-14/h6-9,11,13,16H,4-5,10,12H2,1-3H3,(H2,20,21,22). The van der Waals surface area contributed by atoms with Crippen molar-refractivity contribution in [3.05, 3.63) is 48.0 Å². The van der Waals surface area contributed by atoms with Crippen LogP contribution in [0.3, 0.4) is 0 Å². The number of benzene rings is 1. The Balaban J connectivity index is 1.91. The monoisotopic (exact) mass is 347 g/mol. The van der Waals surface area contributed by atoms with Crippen LogP contribution in [0.1, 0.15) is 25.8 Å². The highest BCUT2D eigenvalue weighted by Gasteiger charge is 2.10. The maximum absolute atomic E-state index is 13.3. The molecule has 0 spiro atoms. The molecule has 0 radical (unpaired) electrons. The van der Waals surface area contributed by atoms with Gasteiger partial charge in [0, 0.05) is 31.4 Å². The molecule has 0 fully saturated rings. The molecule has 1 aromatic heterocycles. The minimum atomic E-state index is -0.299. The van der Waals surface area contributed by atoms with Crippen LogP contribution >= 0.6 is 0 Å². The third kappa shape index (κ3) is 6.45. The molecule has 6 nitrogen and oxygen atoms in total. The largest absolute Gasteiger partial charge is 0.489 e. The second-order valence-corrected chi connectivity index (χ2v) is 5.70. The topological polar surface area (TPSA) is 63.5 Å². The zero-order valence-corrected chi connectivity index (χ0v) is 15.0. The maximum Gasteiger partial charge on any atom is 0.191 e. The second-order valence-electron chi connectivity index (χ2n) is 5.70. The summed E-state index contributed by atoms with van der Waals surface area (Å²) in [4.78, 5) is 4.55. The van der Waals surface area contributed by atoms with Gasteiger partial charge in [-0.05, 0) is 25.5 Å². The molecule has 136 valence electrons. The van der Waals surface area contributed by atoms with E-state index in [4.69, 9.17) is 4.74 Å². The van der Waals surface area contributed by atoms with Gasteiger partial charge >= 0.3 is 0 Å². The Morgan fingerprint density at radius 1 is 1.36 bits per heavy atom. The Bertz CT molecular complexity index is 686. The summed E-state index contributed by atoms with van der Waals surface area (Å²) in [7, 11) is 1.88. The van der Waals surface area contributed by atoms with Crippen molar-refractivity contribution in [3.63, 3.8) is 0 Å². The number of nitrogens with one attached hydrogen (secondary N) is 2.